The molecule has 0 N–H and O–H groups in total. The number of ether oxygens (including phenoxy) is 3. The smallest absolute Gasteiger partial charge is 0.203 e. The lowest BCUT2D eigenvalue weighted by molar-refractivity contribution is 0.0893. The molecule has 11 aromatic rings. The first kappa shape index (κ1) is 45.3. The molecule has 3 heterocycles. The highest BCUT2D eigenvalue weighted by atomic mass is 16.5. The summed E-state index contributed by atoms with van der Waals surface area (Å²) in [6.45, 7) is 3.72. The van der Waals surface area contributed by atoms with Crippen LogP contribution in [0.4, 0.5) is 0 Å². The maximum Gasteiger partial charge on any atom is 0.203 e. The summed E-state index contributed by atoms with van der Waals surface area (Å²) in [6.07, 6.45) is 4.68. The molecule has 0 spiro atoms. The molecule has 0 atom stereocenters. The molecule has 0 saturated carbocycles. The minimum absolute atomic E-state index is 0.237. The van der Waals surface area contributed by atoms with E-state index in [4.69, 9.17) is 14.2 Å². The van der Waals surface area contributed by atoms with Gasteiger partial charge >= 0.3 is 0 Å². The van der Waals surface area contributed by atoms with E-state index < -0.39 is 0 Å². The average Bonchev–Trinajstić information content (AvgIpc) is 4.04. The number of nitrogens with zero attached hydrogens (tertiary/aromatic N) is 3. The zero-order valence-corrected chi connectivity index (χ0v) is 40.0. The summed E-state index contributed by atoms with van der Waals surface area (Å²) >= 11 is 0. The van der Waals surface area contributed by atoms with E-state index >= 15 is 0 Å². The summed E-state index contributed by atoms with van der Waals surface area (Å²) in [5.74, 6) is 0.839. The van der Waals surface area contributed by atoms with Crippen LogP contribution in [0.3, 0.4) is 0 Å². The number of ketones is 2. The highest BCUT2D eigenvalue weighted by molar-refractivity contribution is 6.14. The van der Waals surface area contributed by atoms with Gasteiger partial charge in [-0.15, -0.1) is 0 Å². The topological polar surface area (TPSA) is 76.6 Å². The molecule has 0 aliphatic rings. The number of aryl methyl sites for hydroxylation is 3. The van der Waals surface area contributed by atoms with Crippen molar-refractivity contribution in [3.63, 3.8) is 0 Å². The van der Waals surface area contributed by atoms with Gasteiger partial charge < -0.3 is 27.9 Å². The largest absolute Gasteiger partial charge is 0.490 e. The van der Waals surface area contributed by atoms with Crippen molar-refractivity contribution in [3.8, 4) is 17.2 Å². The predicted octanol–water partition coefficient (Wildman–Crippen LogP) is 15.0. The van der Waals surface area contributed by atoms with Crippen LogP contribution in [0.2, 0.25) is 0 Å². The number of hydrogen-bond acceptors (Lipinski definition) is 5. The van der Waals surface area contributed by atoms with Crippen molar-refractivity contribution in [2.24, 2.45) is 0 Å². The van der Waals surface area contributed by atoms with Gasteiger partial charge in [-0.25, -0.2) is 0 Å². The molecule has 0 fully saturated rings. The van der Waals surface area contributed by atoms with Crippen molar-refractivity contribution in [3.05, 3.63) is 199 Å². The number of benzene rings is 8. The standard InChI is InChI=1S/C63H57N3O5/c67-59(45-22-2-1-3-23-45)44-60(68)46-42-61(69-39-19-16-36-64-53-30-10-4-24-47(53)48-25-5-11-31-54(48)64)63(71-41-21-18-38-66-57-34-14-8-28-51(57)52-29-9-15-35-58(52)66)62(43-46)70-40-20-17-37-65-55-32-12-6-26-49(55)50-27-7-13-33-56(50)65/h1-15,22-35,42-43H,16-21,36-41,44H2. The molecule has 0 saturated heterocycles. The van der Waals surface area contributed by atoms with Gasteiger partial charge in [-0.05, 0) is 87.1 Å². The van der Waals surface area contributed by atoms with Crippen molar-refractivity contribution in [2.45, 2.75) is 64.6 Å². The minimum atomic E-state index is -0.302. The Labute approximate surface area is 413 Å². The van der Waals surface area contributed by atoms with E-state index in [9.17, 15) is 9.59 Å². The van der Waals surface area contributed by atoms with E-state index in [1.807, 2.05) is 18.2 Å². The maximum atomic E-state index is 14.1. The van der Waals surface area contributed by atoms with Crippen molar-refractivity contribution < 1.29 is 23.8 Å². The van der Waals surface area contributed by atoms with Crippen LogP contribution in [-0.4, -0.2) is 45.1 Å². The van der Waals surface area contributed by atoms with Crippen LogP contribution in [-0.2, 0) is 19.6 Å². The second kappa shape index (κ2) is 20.9. The summed E-state index contributed by atoms with van der Waals surface area (Å²) in [7, 11) is 0. The normalized spacial score (nSPS) is 11.7. The number of hydrogen-bond donors (Lipinski definition) is 0. The Morgan fingerprint density at radius 1 is 0.324 bits per heavy atom. The molecule has 0 bridgehead atoms. The van der Waals surface area contributed by atoms with Crippen LogP contribution in [0.1, 0.15) is 65.7 Å². The number of Topliss-reactive ketones (excluding diaryl/α,β-unsaturated/α-hetero) is 2. The monoisotopic (exact) mass is 935 g/mol. The van der Waals surface area contributed by atoms with Gasteiger partial charge in [0.15, 0.2) is 23.1 Å². The Morgan fingerprint density at radius 3 is 0.972 bits per heavy atom. The van der Waals surface area contributed by atoms with E-state index in [-0.39, 0.29) is 18.0 Å². The summed E-state index contributed by atoms with van der Waals surface area (Å²) < 4.78 is 27.3. The van der Waals surface area contributed by atoms with Crippen molar-refractivity contribution in [1.82, 2.24) is 13.7 Å². The first-order valence-corrected chi connectivity index (χ1v) is 25.2. The van der Waals surface area contributed by atoms with Crippen molar-refractivity contribution >= 4 is 77.0 Å². The lowest BCUT2D eigenvalue weighted by Crippen LogP contribution is -2.12. The van der Waals surface area contributed by atoms with E-state index in [2.05, 4.69) is 159 Å². The third-order valence-electron chi connectivity index (χ3n) is 13.9. The Hall–Kier alpha value is -8.10. The maximum absolute atomic E-state index is 14.1. The number of carbonyl (C=O) groups is 2. The van der Waals surface area contributed by atoms with Crippen LogP contribution in [0.5, 0.6) is 17.2 Å². The summed E-state index contributed by atoms with van der Waals surface area (Å²) in [6, 6.07) is 64.0. The molecule has 8 aromatic carbocycles. The van der Waals surface area contributed by atoms with Gasteiger partial charge in [-0.1, -0.05) is 140 Å². The molecular formula is C63H57N3O5. The van der Waals surface area contributed by atoms with Crippen molar-refractivity contribution in [1.29, 1.82) is 0 Å². The lowest BCUT2D eigenvalue weighted by atomic mass is 10.0. The fraction of sp³-hybridized carbons (Fsp3) is 0.206. The number of para-hydroxylation sites is 6. The zero-order chi connectivity index (χ0) is 47.9. The molecule has 8 heteroatoms. The Balaban J connectivity index is 0.839. The van der Waals surface area contributed by atoms with Gasteiger partial charge in [0.1, 0.15) is 0 Å². The third-order valence-corrected chi connectivity index (χ3v) is 13.9. The summed E-state index contributed by atoms with van der Waals surface area (Å²) in [5.41, 5.74) is 8.18. The number of aromatic nitrogens is 3. The highest BCUT2D eigenvalue weighted by Gasteiger charge is 2.22. The van der Waals surface area contributed by atoms with Crippen LogP contribution in [0.15, 0.2) is 188 Å². The molecular weight excluding hydrogens is 879 g/mol. The molecule has 11 rings (SSSR count). The van der Waals surface area contributed by atoms with Crippen LogP contribution >= 0.6 is 0 Å². The van der Waals surface area contributed by atoms with Gasteiger partial charge in [0.05, 0.1) is 26.2 Å². The van der Waals surface area contributed by atoms with E-state index in [1.54, 1.807) is 24.3 Å². The number of unbranched alkanes of at least 4 members (excludes halogenated alkanes) is 3. The van der Waals surface area contributed by atoms with E-state index in [1.165, 1.54) is 65.4 Å². The number of fused-ring (bicyclic) bond motifs is 9. The van der Waals surface area contributed by atoms with Gasteiger partial charge in [-0.3, -0.25) is 9.59 Å². The second-order valence-electron chi connectivity index (χ2n) is 18.4. The van der Waals surface area contributed by atoms with Crippen LogP contribution in [0, 0.1) is 0 Å². The average molecular weight is 936 g/mol. The summed E-state index contributed by atoms with van der Waals surface area (Å²) in [4.78, 5) is 27.5. The van der Waals surface area contributed by atoms with Crippen LogP contribution < -0.4 is 14.2 Å². The molecule has 0 amide bonds. The molecule has 0 unspecified atom stereocenters. The molecule has 0 aliphatic carbocycles. The first-order valence-electron chi connectivity index (χ1n) is 25.2. The zero-order valence-electron chi connectivity index (χ0n) is 40.0. The molecule has 8 nitrogen and oxygen atoms in total. The fourth-order valence-electron chi connectivity index (χ4n) is 10.5. The van der Waals surface area contributed by atoms with Gasteiger partial charge in [0.2, 0.25) is 5.75 Å². The SMILES string of the molecule is O=C(CC(=O)c1cc(OCCCCn2c3ccccc3c3ccccc32)c(OCCCCn2c3ccccc3c3ccccc32)c(OCCCCn2c3ccccc3c3ccccc32)c1)c1ccccc1. The molecule has 71 heavy (non-hydrogen) atoms. The summed E-state index contributed by atoms with van der Waals surface area (Å²) in [5, 5.41) is 7.52. The van der Waals surface area contributed by atoms with Crippen LogP contribution in [0.25, 0.3) is 65.4 Å². The second-order valence-corrected chi connectivity index (χ2v) is 18.4. The number of carbonyl (C=O) groups excluding carboxylic acids is 2. The predicted molar refractivity (Wildman–Crippen MR) is 289 cm³/mol. The van der Waals surface area contributed by atoms with Crippen molar-refractivity contribution in [2.75, 3.05) is 19.8 Å². The highest BCUT2D eigenvalue weighted by Crippen LogP contribution is 2.41. The van der Waals surface area contributed by atoms with Gasteiger partial charge in [0.25, 0.3) is 0 Å². The molecule has 354 valence electrons. The third kappa shape index (κ3) is 9.38. The quantitative estimate of drug-likeness (QED) is 0.0384. The molecule has 3 aromatic heterocycles. The number of rotatable bonds is 22. The van der Waals surface area contributed by atoms with Gasteiger partial charge in [-0.2, -0.15) is 0 Å². The Kier molecular flexibility index (Phi) is 13.3. The molecule has 0 aliphatic heterocycles. The Bertz CT molecular complexity index is 3370. The molecule has 0 radical (unpaired) electrons. The lowest BCUT2D eigenvalue weighted by Gasteiger charge is -2.19. The first-order chi connectivity index (χ1) is 35.1. The van der Waals surface area contributed by atoms with Gasteiger partial charge in [0, 0.05) is 96.2 Å². The van der Waals surface area contributed by atoms with E-state index in [0.717, 1.165) is 58.2 Å². The Morgan fingerprint density at radius 2 is 0.620 bits per heavy atom. The minimum Gasteiger partial charge on any atom is -0.490 e. The fourth-order valence-corrected chi connectivity index (χ4v) is 10.5. The van der Waals surface area contributed by atoms with E-state index in [0.29, 0.717) is 48.2 Å².